The Morgan fingerprint density at radius 3 is 2.81 bits per heavy atom. The van der Waals surface area contributed by atoms with Gasteiger partial charge < -0.3 is 20.5 Å². The van der Waals surface area contributed by atoms with Crippen molar-refractivity contribution in [3.8, 4) is 5.75 Å². The van der Waals surface area contributed by atoms with E-state index in [1.165, 1.54) is 0 Å². The average molecular weight is 294 g/mol. The molecule has 0 aliphatic carbocycles. The van der Waals surface area contributed by atoms with Gasteiger partial charge >= 0.3 is 6.03 Å². The number of carbonyl (C=O) groups excluding carboxylic acids is 1. The number of ether oxygens (including phenoxy) is 1. The predicted octanol–water partition coefficient (Wildman–Crippen LogP) is 3.07. The highest BCUT2D eigenvalue weighted by molar-refractivity contribution is 5.90. The summed E-state index contributed by atoms with van der Waals surface area (Å²) < 4.78 is 5.65. The minimum atomic E-state index is -0.367. The molecule has 0 saturated heterocycles. The van der Waals surface area contributed by atoms with Gasteiger partial charge in [0.15, 0.2) is 0 Å². The number of benzene rings is 1. The number of urea groups is 1. The van der Waals surface area contributed by atoms with Gasteiger partial charge in [0, 0.05) is 6.54 Å². The first kappa shape index (κ1) is 17.3. The summed E-state index contributed by atoms with van der Waals surface area (Å²) in [6, 6.07) is 5.38. The molecule has 3 N–H and O–H groups in total. The zero-order valence-corrected chi connectivity index (χ0v) is 13.1. The molecule has 0 aliphatic rings. The number of aliphatic hydroxyl groups excluding tert-OH is 1. The molecule has 1 aromatic rings. The van der Waals surface area contributed by atoms with Gasteiger partial charge in [-0.3, -0.25) is 0 Å². The number of hydrogen-bond acceptors (Lipinski definition) is 3. The number of aliphatic hydroxyl groups is 1. The smallest absolute Gasteiger partial charge is 0.319 e. The summed E-state index contributed by atoms with van der Waals surface area (Å²) >= 11 is 0. The maximum Gasteiger partial charge on any atom is 0.319 e. The maximum atomic E-state index is 11.8. The molecule has 118 valence electrons. The fourth-order valence-corrected chi connectivity index (χ4v) is 1.79. The van der Waals surface area contributed by atoms with Crippen molar-refractivity contribution in [2.45, 2.75) is 46.1 Å². The summed E-state index contributed by atoms with van der Waals surface area (Å²) in [5.41, 5.74) is 1.74. The fraction of sp³-hybridized carbons (Fsp3) is 0.562. The van der Waals surface area contributed by atoms with Crippen LogP contribution < -0.4 is 15.4 Å². The van der Waals surface area contributed by atoms with E-state index in [1.807, 2.05) is 39.0 Å². The summed E-state index contributed by atoms with van der Waals surface area (Å²) in [5, 5.41) is 15.0. The summed E-state index contributed by atoms with van der Waals surface area (Å²) in [7, 11) is 0. The van der Waals surface area contributed by atoms with Gasteiger partial charge in [-0.15, -0.1) is 0 Å². The minimum Gasteiger partial charge on any atom is -0.491 e. The Labute approximate surface area is 126 Å². The van der Waals surface area contributed by atoms with Crippen LogP contribution in [0.4, 0.5) is 10.5 Å². The van der Waals surface area contributed by atoms with Crippen LogP contribution in [0.3, 0.4) is 0 Å². The van der Waals surface area contributed by atoms with E-state index in [9.17, 15) is 9.90 Å². The molecule has 0 spiro atoms. The molecule has 5 heteroatoms. The van der Waals surface area contributed by atoms with Gasteiger partial charge in [0.25, 0.3) is 0 Å². The lowest BCUT2D eigenvalue weighted by Gasteiger charge is -2.14. The zero-order valence-electron chi connectivity index (χ0n) is 13.1. The molecule has 0 aliphatic heterocycles. The second kappa shape index (κ2) is 9.23. The Hall–Kier alpha value is -1.75. The lowest BCUT2D eigenvalue weighted by molar-refractivity contribution is 0.160. The van der Waals surface area contributed by atoms with E-state index in [-0.39, 0.29) is 12.1 Å². The van der Waals surface area contributed by atoms with Gasteiger partial charge in [-0.2, -0.15) is 0 Å². The van der Waals surface area contributed by atoms with Crippen molar-refractivity contribution in [1.82, 2.24) is 5.32 Å². The van der Waals surface area contributed by atoms with Crippen LogP contribution in [-0.2, 0) is 0 Å². The topological polar surface area (TPSA) is 70.6 Å². The Bertz CT molecular complexity index is 449. The highest BCUT2D eigenvalue weighted by atomic mass is 16.5. The molecule has 2 amide bonds. The number of rotatable bonds is 8. The maximum absolute atomic E-state index is 11.8. The molecule has 21 heavy (non-hydrogen) atoms. The van der Waals surface area contributed by atoms with Gasteiger partial charge in [-0.05, 0) is 43.9 Å². The minimum absolute atomic E-state index is 0.288. The molecule has 1 atom stereocenters. The molecule has 1 rings (SSSR count). The van der Waals surface area contributed by atoms with Crippen molar-refractivity contribution in [3.05, 3.63) is 23.8 Å². The van der Waals surface area contributed by atoms with Crippen molar-refractivity contribution in [2.75, 3.05) is 18.5 Å². The molecule has 5 nitrogen and oxygen atoms in total. The lowest BCUT2D eigenvalue weighted by atomic mass is 10.2. The van der Waals surface area contributed by atoms with E-state index < -0.39 is 0 Å². The Morgan fingerprint density at radius 1 is 1.38 bits per heavy atom. The van der Waals surface area contributed by atoms with Crippen molar-refractivity contribution < 1.29 is 14.6 Å². The second-order valence-corrected chi connectivity index (χ2v) is 5.08. The van der Waals surface area contributed by atoms with Crippen LogP contribution in [0.15, 0.2) is 18.2 Å². The van der Waals surface area contributed by atoms with Crippen LogP contribution in [0.1, 0.15) is 38.7 Å². The Morgan fingerprint density at radius 2 is 2.14 bits per heavy atom. The molecular weight excluding hydrogens is 268 g/mol. The second-order valence-electron chi connectivity index (χ2n) is 5.08. The normalized spacial score (nSPS) is 11.8. The van der Waals surface area contributed by atoms with Crippen molar-refractivity contribution >= 4 is 11.7 Å². The van der Waals surface area contributed by atoms with Gasteiger partial charge in [0.1, 0.15) is 5.75 Å². The lowest BCUT2D eigenvalue weighted by Crippen LogP contribution is -2.31. The third-order valence-corrected chi connectivity index (χ3v) is 3.08. The van der Waals surface area contributed by atoms with E-state index in [4.69, 9.17) is 4.74 Å². The summed E-state index contributed by atoms with van der Waals surface area (Å²) in [4.78, 5) is 11.8. The quantitative estimate of drug-likeness (QED) is 0.690. The van der Waals surface area contributed by atoms with E-state index >= 15 is 0 Å². The monoisotopic (exact) mass is 294 g/mol. The molecular formula is C16H26N2O3. The molecule has 0 aromatic heterocycles. The van der Waals surface area contributed by atoms with E-state index in [0.717, 1.165) is 12.0 Å². The van der Waals surface area contributed by atoms with E-state index in [1.54, 1.807) is 0 Å². The first-order valence-electron chi connectivity index (χ1n) is 7.53. The number of aryl methyl sites for hydroxylation is 1. The number of nitrogens with one attached hydrogen (secondary N) is 2. The number of carbonyl (C=O) groups is 1. The van der Waals surface area contributed by atoms with Crippen LogP contribution in [0.2, 0.25) is 0 Å². The largest absolute Gasteiger partial charge is 0.491 e. The highest BCUT2D eigenvalue weighted by Crippen LogP contribution is 2.25. The van der Waals surface area contributed by atoms with Crippen molar-refractivity contribution in [1.29, 1.82) is 0 Å². The summed E-state index contributed by atoms with van der Waals surface area (Å²) in [6.07, 6.45) is 1.79. The van der Waals surface area contributed by atoms with E-state index in [2.05, 4.69) is 10.6 Å². The van der Waals surface area contributed by atoms with Crippen LogP contribution in [0.5, 0.6) is 5.75 Å². The van der Waals surface area contributed by atoms with Gasteiger partial charge in [0.2, 0.25) is 0 Å². The molecule has 0 heterocycles. The molecule has 0 saturated carbocycles. The Balaban J connectivity index is 2.54. The van der Waals surface area contributed by atoms with Crippen LogP contribution >= 0.6 is 0 Å². The van der Waals surface area contributed by atoms with Crippen molar-refractivity contribution in [3.63, 3.8) is 0 Å². The van der Waals surface area contributed by atoms with Crippen LogP contribution in [-0.4, -0.2) is 30.4 Å². The van der Waals surface area contributed by atoms with Crippen LogP contribution in [0.25, 0.3) is 0 Å². The molecule has 0 radical (unpaired) electrons. The molecule has 1 unspecified atom stereocenters. The summed E-state index contributed by atoms with van der Waals surface area (Å²) in [5.74, 6) is 0.681. The molecule has 0 fully saturated rings. The average Bonchev–Trinajstić information content (AvgIpc) is 2.47. The molecule has 1 aromatic carbocycles. The van der Waals surface area contributed by atoms with Gasteiger partial charge in [-0.25, -0.2) is 4.79 Å². The highest BCUT2D eigenvalue weighted by Gasteiger charge is 2.08. The van der Waals surface area contributed by atoms with Crippen molar-refractivity contribution in [2.24, 2.45) is 0 Å². The first-order valence-corrected chi connectivity index (χ1v) is 7.53. The zero-order chi connectivity index (χ0) is 15.7. The first-order chi connectivity index (χ1) is 10.1. The third-order valence-electron chi connectivity index (χ3n) is 3.08. The van der Waals surface area contributed by atoms with Gasteiger partial charge in [0.05, 0.1) is 18.4 Å². The SMILES string of the molecule is CCCOc1cc(C)ccc1NC(=O)NCCC(O)CC. The summed E-state index contributed by atoms with van der Waals surface area (Å²) in [6.45, 7) is 6.98. The molecule has 0 bridgehead atoms. The van der Waals surface area contributed by atoms with E-state index in [0.29, 0.717) is 37.4 Å². The number of amides is 2. The van der Waals surface area contributed by atoms with Crippen LogP contribution in [0, 0.1) is 6.92 Å². The van der Waals surface area contributed by atoms with Gasteiger partial charge in [-0.1, -0.05) is 19.9 Å². The fourth-order valence-electron chi connectivity index (χ4n) is 1.79. The number of anilines is 1. The Kier molecular flexibility index (Phi) is 7.61. The number of hydrogen-bond donors (Lipinski definition) is 3. The third kappa shape index (κ3) is 6.49. The standard InChI is InChI=1S/C16H26N2O3/c1-4-10-21-15-11-12(3)6-7-14(15)18-16(20)17-9-8-13(19)5-2/h6-7,11,13,19H,4-5,8-10H2,1-3H3,(H2,17,18,20). The predicted molar refractivity (Wildman–Crippen MR) is 84.9 cm³/mol.